The fourth-order valence-electron chi connectivity index (χ4n) is 2.15. The third-order valence-electron chi connectivity index (χ3n) is 3.72. The van der Waals surface area contributed by atoms with Crippen LogP contribution in [-0.4, -0.2) is 18.5 Å². The van der Waals surface area contributed by atoms with Crippen LogP contribution in [0, 0.1) is 5.92 Å². The molecule has 0 radical (unpaired) electrons. The van der Waals surface area contributed by atoms with Crippen LogP contribution in [0.1, 0.15) is 50.7 Å². The second kappa shape index (κ2) is 6.89. The highest BCUT2D eigenvalue weighted by Crippen LogP contribution is 2.39. The van der Waals surface area contributed by atoms with Gasteiger partial charge in [-0.15, -0.1) is 0 Å². The lowest BCUT2D eigenvalue weighted by molar-refractivity contribution is -0.122. The van der Waals surface area contributed by atoms with Crippen molar-refractivity contribution in [3.05, 3.63) is 35.4 Å². The van der Waals surface area contributed by atoms with Crippen molar-refractivity contribution in [3.63, 3.8) is 0 Å². The lowest BCUT2D eigenvalue weighted by Gasteiger charge is -2.15. The van der Waals surface area contributed by atoms with Crippen LogP contribution in [0.4, 0.5) is 0 Å². The number of carbonyl (C=O) groups is 1. The molecule has 0 saturated heterocycles. The van der Waals surface area contributed by atoms with Gasteiger partial charge in [-0.05, 0) is 42.7 Å². The summed E-state index contributed by atoms with van der Waals surface area (Å²) < 4.78 is 0. The molecule has 1 saturated carbocycles. The molecule has 0 bridgehead atoms. The molecular formula is C17H26N2O. The topological polar surface area (TPSA) is 41.1 Å². The Labute approximate surface area is 122 Å². The van der Waals surface area contributed by atoms with Gasteiger partial charge in [0.25, 0.3) is 0 Å². The van der Waals surface area contributed by atoms with E-state index in [0.29, 0.717) is 5.92 Å². The van der Waals surface area contributed by atoms with Crippen molar-refractivity contribution in [2.24, 2.45) is 5.92 Å². The summed E-state index contributed by atoms with van der Waals surface area (Å²) in [5, 5.41) is 6.22. The largest absolute Gasteiger partial charge is 0.354 e. The number of carbonyl (C=O) groups excluding carboxylic acids is 1. The molecule has 0 heterocycles. The van der Waals surface area contributed by atoms with E-state index in [1.165, 1.54) is 24.0 Å². The molecule has 3 nitrogen and oxygen atoms in total. The maximum Gasteiger partial charge on any atom is 0.236 e. The van der Waals surface area contributed by atoms with Crippen LogP contribution in [0.25, 0.3) is 0 Å². The van der Waals surface area contributed by atoms with Crippen molar-refractivity contribution < 1.29 is 4.79 Å². The fourth-order valence-corrected chi connectivity index (χ4v) is 2.15. The Bertz CT molecular complexity index is 435. The molecule has 0 spiro atoms. The Morgan fingerprint density at radius 2 is 1.85 bits per heavy atom. The molecule has 1 amide bonds. The smallest absolute Gasteiger partial charge is 0.236 e. The summed E-state index contributed by atoms with van der Waals surface area (Å²) in [6, 6.07) is 8.62. The van der Waals surface area contributed by atoms with Gasteiger partial charge < -0.3 is 10.6 Å². The summed E-state index contributed by atoms with van der Waals surface area (Å²) in [6.07, 6.45) is 2.68. The minimum Gasteiger partial charge on any atom is -0.354 e. The summed E-state index contributed by atoms with van der Waals surface area (Å²) >= 11 is 0. The summed E-state index contributed by atoms with van der Waals surface area (Å²) in [6.45, 7) is 7.58. The SMILES string of the molecule is CC(C)CNC(=O)C(C)NCc1ccc(C2CC2)cc1. The maximum atomic E-state index is 11.8. The first kappa shape index (κ1) is 15.0. The highest BCUT2D eigenvalue weighted by Gasteiger charge is 2.22. The summed E-state index contributed by atoms with van der Waals surface area (Å²) in [7, 11) is 0. The molecule has 110 valence electrons. The molecule has 2 rings (SSSR count). The van der Waals surface area contributed by atoms with Crippen LogP contribution in [0.3, 0.4) is 0 Å². The van der Waals surface area contributed by atoms with Crippen LogP contribution < -0.4 is 10.6 Å². The van der Waals surface area contributed by atoms with E-state index in [1.54, 1.807) is 0 Å². The molecule has 20 heavy (non-hydrogen) atoms. The van der Waals surface area contributed by atoms with Crippen LogP contribution in [0.15, 0.2) is 24.3 Å². The second-order valence-electron chi connectivity index (χ2n) is 6.26. The Balaban J connectivity index is 1.74. The Morgan fingerprint density at radius 3 is 2.40 bits per heavy atom. The van der Waals surface area contributed by atoms with Gasteiger partial charge in [-0.3, -0.25) is 4.79 Å². The Kier molecular flexibility index (Phi) is 5.18. The first-order valence-electron chi connectivity index (χ1n) is 7.66. The molecule has 1 atom stereocenters. The standard InChI is InChI=1S/C17H26N2O/c1-12(2)10-19-17(20)13(3)18-11-14-4-6-15(7-5-14)16-8-9-16/h4-7,12-13,16,18H,8-11H2,1-3H3,(H,19,20). The van der Waals surface area contributed by atoms with Gasteiger partial charge in [0.2, 0.25) is 5.91 Å². The van der Waals surface area contributed by atoms with Gasteiger partial charge in [0.1, 0.15) is 0 Å². The molecular weight excluding hydrogens is 248 g/mol. The molecule has 1 aliphatic carbocycles. The summed E-state index contributed by atoms with van der Waals surface area (Å²) in [5.74, 6) is 1.37. The molecule has 3 heteroatoms. The average molecular weight is 274 g/mol. The normalized spacial score (nSPS) is 16.2. The minimum atomic E-state index is -0.156. The van der Waals surface area contributed by atoms with E-state index in [0.717, 1.165) is 19.0 Å². The van der Waals surface area contributed by atoms with Crippen LogP contribution in [0.5, 0.6) is 0 Å². The summed E-state index contributed by atoms with van der Waals surface area (Å²) in [4.78, 5) is 11.8. The van der Waals surface area contributed by atoms with Gasteiger partial charge in [-0.25, -0.2) is 0 Å². The summed E-state index contributed by atoms with van der Waals surface area (Å²) in [5.41, 5.74) is 2.69. The van der Waals surface area contributed by atoms with Gasteiger partial charge in [-0.1, -0.05) is 38.1 Å². The Morgan fingerprint density at radius 1 is 1.20 bits per heavy atom. The van der Waals surface area contributed by atoms with Crippen molar-refractivity contribution >= 4 is 5.91 Å². The zero-order valence-electron chi connectivity index (χ0n) is 12.8. The third kappa shape index (κ3) is 4.64. The zero-order valence-corrected chi connectivity index (χ0v) is 12.8. The molecule has 1 aromatic carbocycles. The molecule has 1 aliphatic rings. The van der Waals surface area contributed by atoms with Crippen LogP contribution in [0.2, 0.25) is 0 Å². The molecule has 1 unspecified atom stereocenters. The van der Waals surface area contributed by atoms with E-state index in [2.05, 4.69) is 48.7 Å². The monoisotopic (exact) mass is 274 g/mol. The predicted molar refractivity (Wildman–Crippen MR) is 82.6 cm³/mol. The number of nitrogens with one attached hydrogen (secondary N) is 2. The third-order valence-corrected chi connectivity index (χ3v) is 3.72. The first-order valence-corrected chi connectivity index (χ1v) is 7.66. The van der Waals surface area contributed by atoms with Crippen molar-refractivity contribution in [1.82, 2.24) is 10.6 Å². The molecule has 0 aromatic heterocycles. The molecule has 2 N–H and O–H groups in total. The number of benzene rings is 1. The quantitative estimate of drug-likeness (QED) is 0.803. The first-order chi connectivity index (χ1) is 9.56. The lowest BCUT2D eigenvalue weighted by atomic mass is 10.1. The average Bonchev–Trinajstić information content (AvgIpc) is 3.27. The van der Waals surface area contributed by atoms with E-state index >= 15 is 0 Å². The van der Waals surface area contributed by atoms with Crippen LogP contribution >= 0.6 is 0 Å². The minimum absolute atomic E-state index is 0.0771. The van der Waals surface area contributed by atoms with Gasteiger partial charge in [0, 0.05) is 13.1 Å². The number of hydrogen-bond acceptors (Lipinski definition) is 2. The molecule has 1 fully saturated rings. The van der Waals surface area contributed by atoms with Gasteiger partial charge in [0.15, 0.2) is 0 Å². The predicted octanol–water partition coefficient (Wildman–Crippen LogP) is 2.81. The van der Waals surface area contributed by atoms with Gasteiger partial charge in [0.05, 0.1) is 6.04 Å². The highest BCUT2D eigenvalue weighted by molar-refractivity contribution is 5.81. The molecule has 1 aromatic rings. The van der Waals surface area contributed by atoms with Gasteiger partial charge in [-0.2, -0.15) is 0 Å². The van der Waals surface area contributed by atoms with Crippen molar-refractivity contribution in [2.75, 3.05) is 6.54 Å². The zero-order chi connectivity index (χ0) is 14.5. The van der Waals surface area contributed by atoms with Crippen molar-refractivity contribution in [2.45, 2.75) is 52.1 Å². The van der Waals surface area contributed by atoms with E-state index in [1.807, 2.05) is 6.92 Å². The second-order valence-corrected chi connectivity index (χ2v) is 6.26. The maximum absolute atomic E-state index is 11.8. The van der Waals surface area contributed by atoms with E-state index in [-0.39, 0.29) is 11.9 Å². The highest BCUT2D eigenvalue weighted by atomic mass is 16.2. The Hall–Kier alpha value is -1.35. The van der Waals surface area contributed by atoms with E-state index in [9.17, 15) is 4.79 Å². The van der Waals surface area contributed by atoms with Crippen molar-refractivity contribution in [1.29, 1.82) is 0 Å². The van der Waals surface area contributed by atoms with Crippen molar-refractivity contribution in [3.8, 4) is 0 Å². The van der Waals surface area contributed by atoms with Gasteiger partial charge >= 0.3 is 0 Å². The van der Waals surface area contributed by atoms with E-state index in [4.69, 9.17) is 0 Å². The fraction of sp³-hybridized carbons (Fsp3) is 0.588. The van der Waals surface area contributed by atoms with Crippen LogP contribution in [-0.2, 0) is 11.3 Å². The number of rotatable bonds is 7. The lowest BCUT2D eigenvalue weighted by Crippen LogP contribution is -2.42. The molecule has 0 aliphatic heterocycles. The number of hydrogen-bond donors (Lipinski definition) is 2. The van der Waals surface area contributed by atoms with E-state index < -0.39 is 0 Å². The number of amides is 1.